The van der Waals surface area contributed by atoms with E-state index in [-0.39, 0.29) is 0 Å². The molecule has 19 heavy (non-hydrogen) atoms. The van der Waals surface area contributed by atoms with Crippen LogP contribution in [0.1, 0.15) is 44.6 Å². The van der Waals surface area contributed by atoms with Gasteiger partial charge in [0.1, 0.15) is 11.5 Å². The molecular formula is C16H24O3. The lowest BCUT2D eigenvalue weighted by Gasteiger charge is -2.38. The van der Waals surface area contributed by atoms with Crippen LogP contribution in [-0.4, -0.2) is 19.3 Å². The molecule has 0 radical (unpaired) electrons. The fourth-order valence-electron chi connectivity index (χ4n) is 3.25. The minimum atomic E-state index is -0.823. The van der Waals surface area contributed by atoms with E-state index in [0.29, 0.717) is 5.92 Å². The SMILES string of the molecule is CCC1CCCC(O)(c2c(OC)cccc2OC)C1. The molecule has 1 aliphatic rings. The summed E-state index contributed by atoms with van der Waals surface area (Å²) >= 11 is 0. The van der Waals surface area contributed by atoms with Gasteiger partial charge in [-0.05, 0) is 37.3 Å². The number of benzene rings is 1. The van der Waals surface area contributed by atoms with Gasteiger partial charge in [0.15, 0.2) is 0 Å². The fraction of sp³-hybridized carbons (Fsp3) is 0.625. The zero-order valence-electron chi connectivity index (χ0n) is 12.1. The molecule has 0 amide bonds. The van der Waals surface area contributed by atoms with Crippen LogP contribution in [-0.2, 0) is 5.60 Å². The van der Waals surface area contributed by atoms with Crippen molar-refractivity contribution in [2.45, 2.75) is 44.6 Å². The van der Waals surface area contributed by atoms with E-state index in [1.54, 1.807) is 14.2 Å². The summed E-state index contributed by atoms with van der Waals surface area (Å²) in [5.41, 5.74) is -0.00481. The molecule has 0 heterocycles. The van der Waals surface area contributed by atoms with Crippen LogP contribution in [0.4, 0.5) is 0 Å². The Bertz CT molecular complexity index is 408. The lowest BCUT2D eigenvalue weighted by atomic mass is 9.73. The summed E-state index contributed by atoms with van der Waals surface area (Å²) in [6.07, 6.45) is 4.94. The van der Waals surface area contributed by atoms with Crippen molar-refractivity contribution in [2.75, 3.05) is 14.2 Å². The number of hydrogen-bond donors (Lipinski definition) is 1. The first-order chi connectivity index (χ1) is 9.14. The van der Waals surface area contributed by atoms with Gasteiger partial charge in [-0.2, -0.15) is 0 Å². The average Bonchev–Trinajstić information content (AvgIpc) is 2.46. The van der Waals surface area contributed by atoms with E-state index in [0.717, 1.165) is 42.7 Å². The predicted molar refractivity (Wildman–Crippen MR) is 75.7 cm³/mol. The van der Waals surface area contributed by atoms with Gasteiger partial charge in [0.05, 0.1) is 25.4 Å². The van der Waals surface area contributed by atoms with Crippen molar-refractivity contribution >= 4 is 0 Å². The molecule has 0 spiro atoms. The highest BCUT2D eigenvalue weighted by Crippen LogP contribution is 2.47. The Morgan fingerprint density at radius 2 is 1.89 bits per heavy atom. The van der Waals surface area contributed by atoms with E-state index >= 15 is 0 Å². The van der Waals surface area contributed by atoms with Crippen molar-refractivity contribution in [1.82, 2.24) is 0 Å². The highest BCUT2D eigenvalue weighted by Gasteiger charge is 2.39. The minimum absolute atomic E-state index is 0.577. The molecule has 2 unspecified atom stereocenters. The Hall–Kier alpha value is -1.22. The average molecular weight is 264 g/mol. The third-order valence-electron chi connectivity index (χ3n) is 4.30. The first kappa shape index (κ1) is 14.2. The van der Waals surface area contributed by atoms with Crippen LogP contribution in [0.2, 0.25) is 0 Å². The second-order valence-electron chi connectivity index (χ2n) is 5.44. The van der Waals surface area contributed by atoms with Gasteiger partial charge in [0.25, 0.3) is 0 Å². The van der Waals surface area contributed by atoms with Crippen molar-refractivity contribution in [1.29, 1.82) is 0 Å². The Morgan fingerprint density at radius 3 is 2.42 bits per heavy atom. The molecule has 1 saturated carbocycles. The Labute approximate surface area is 115 Å². The van der Waals surface area contributed by atoms with E-state index in [1.165, 1.54) is 6.42 Å². The zero-order chi connectivity index (χ0) is 13.9. The maximum atomic E-state index is 11.1. The first-order valence-corrected chi connectivity index (χ1v) is 7.08. The van der Waals surface area contributed by atoms with Gasteiger partial charge in [-0.25, -0.2) is 0 Å². The quantitative estimate of drug-likeness (QED) is 0.904. The third-order valence-corrected chi connectivity index (χ3v) is 4.30. The van der Waals surface area contributed by atoms with Crippen molar-refractivity contribution in [3.05, 3.63) is 23.8 Å². The second kappa shape index (κ2) is 5.83. The molecule has 1 N–H and O–H groups in total. The van der Waals surface area contributed by atoms with E-state index in [1.807, 2.05) is 18.2 Å². The summed E-state index contributed by atoms with van der Waals surface area (Å²) in [5, 5.41) is 11.1. The molecule has 0 aliphatic heterocycles. The van der Waals surface area contributed by atoms with Gasteiger partial charge >= 0.3 is 0 Å². The molecule has 1 aromatic rings. The summed E-state index contributed by atoms with van der Waals surface area (Å²) < 4.78 is 10.9. The molecule has 2 atom stereocenters. The van der Waals surface area contributed by atoms with Gasteiger partial charge in [-0.15, -0.1) is 0 Å². The maximum absolute atomic E-state index is 11.1. The predicted octanol–water partition coefficient (Wildman–Crippen LogP) is 3.49. The lowest BCUT2D eigenvalue weighted by molar-refractivity contribution is -0.0251. The standard InChI is InChI=1S/C16H24O3/c1-4-12-7-6-10-16(17,11-12)15-13(18-2)8-5-9-14(15)19-3/h5,8-9,12,17H,4,6-7,10-11H2,1-3H3. The lowest BCUT2D eigenvalue weighted by Crippen LogP contribution is -2.33. The molecule has 0 saturated heterocycles. The molecule has 2 rings (SSSR count). The van der Waals surface area contributed by atoms with Crippen LogP contribution in [0.5, 0.6) is 11.5 Å². The summed E-state index contributed by atoms with van der Waals surface area (Å²) in [6.45, 7) is 2.19. The first-order valence-electron chi connectivity index (χ1n) is 7.08. The third kappa shape index (κ3) is 2.71. The molecule has 0 bridgehead atoms. The van der Waals surface area contributed by atoms with E-state index in [4.69, 9.17) is 9.47 Å². The largest absolute Gasteiger partial charge is 0.496 e. The number of rotatable bonds is 4. The molecule has 3 heteroatoms. The summed E-state index contributed by atoms with van der Waals surface area (Å²) in [4.78, 5) is 0. The monoisotopic (exact) mass is 264 g/mol. The molecule has 1 aliphatic carbocycles. The van der Waals surface area contributed by atoms with E-state index < -0.39 is 5.60 Å². The number of hydrogen-bond acceptors (Lipinski definition) is 3. The van der Waals surface area contributed by atoms with Crippen molar-refractivity contribution in [3.63, 3.8) is 0 Å². The minimum Gasteiger partial charge on any atom is -0.496 e. The van der Waals surface area contributed by atoms with Crippen molar-refractivity contribution in [2.24, 2.45) is 5.92 Å². The highest BCUT2D eigenvalue weighted by atomic mass is 16.5. The van der Waals surface area contributed by atoms with Crippen LogP contribution < -0.4 is 9.47 Å². The van der Waals surface area contributed by atoms with Crippen molar-refractivity contribution in [3.8, 4) is 11.5 Å². The fourth-order valence-corrected chi connectivity index (χ4v) is 3.25. The van der Waals surface area contributed by atoms with Crippen LogP contribution in [0.25, 0.3) is 0 Å². The van der Waals surface area contributed by atoms with Gasteiger partial charge in [-0.1, -0.05) is 25.8 Å². The molecule has 3 nitrogen and oxygen atoms in total. The summed E-state index contributed by atoms with van der Waals surface area (Å²) in [6, 6.07) is 5.68. The molecule has 1 fully saturated rings. The van der Waals surface area contributed by atoms with Gasteiger partial charge in [0, 0.05) is 0 Å². The molecular weight excluding hydrogens is 240 g/mol. The number of methoxy groups -OCH3 is 2. The van der Waals surface area contributed by atoms with Crippen LogP contribution in [0.15, 0.2) is 18.2 Å². The van der Waals surface area contributed by atoms with Crippen molar-refractivity contribution < 1.29 is 14.6 Å². The molecule has 1 aromatic carbocycles. The van der Waals surface area contributed by atoms with Crippen LogP contribution in [0, 0.1) is 5.92 Å². The molecule has 106 valence electrons. The highest BCUT2D eigenvalue weighted by molar-refractivity contribution is 5.48. The van der Waals surface area contributed by atoms with E-state index in [2.05, 4.69) is 6.92 Å². The van der Waals surface area contributed by atoms with E-state index in [9.17, 15) is 5.11 Å². The number of aliphatic hydroxyl groups is 1. The van der Waals surface area contributed by atoms with Gasteiger partial charge < -0.3 is 14.6 Å². The Balaban J connectivity index is 2.43. The van der Waals surface area contributed by atoms with Crippen LogP contribution >= 0.6 is 0 Å². The summed E-state index contributed by atoms with van der Waals surface area (Å²) in [7, 11) is 3.28. The summed E-state index contributed by atoms with van der Waals surface area (Å²) in [5.74, 6) is 2.02. The van der Waals surface area contributed by atoms with Crippen LogP contribution in [0.3, 0.4) is 0 Å². The topological polar surface area (TPSA) is 38.7 Å². The van der Waals surface area contributed by atoms with Gasteiger partial charge in [0.2, 0.25) is 0 Å². The maximum Gasteiger partial charge on any atom is 0.128 e. The Morgan fingerprint density at radius 1 is 1.26 bits per heavy atom. The Kier molecular flexibility index (Phi) is 4.35. The number of ether oxygens (including phenoxy) is 2. The smallest absolute Gasteiger partial charge is 0.128 e. The van der Waals surface area contributed by atoms with Gasteiger partial charge in [-0.3, -0.25) is 0 Å². The zero-order valence-corrected chi connectivity index (χ0v) is 12.1. The molecule has 0 aromatic heterocycles. The second-order valence-corrected chi connectivity index (χ2v) is 5.44. The normalized spacial score (nSPS) is 27.1.